The molecule has 20 heavy (non-hydrogen) atoms. The molecule has 0 amide bonds. The van der Waals surface area contributed by atoms with Crippen LogP contribution in [0.1, 0.15) is 12.5 Å². The van der Waals surface area contributed by atoms with Crippen molar-refractivity contribution in [1.29, 1.82) is 0 Å². The SMILES string of the molecule is CCOP(=O)(O)c1cc(-c2ccc(C)cc2)ccc1O. The topological polar surface area (TPSA) is 66.8 Å². The monoisotopic (exact) mass is 292 g/mol. The quantitative estimate of drug-likeness (QED) is 0.849. The minimum absolute atomic E-state index is 0.0718. The van der Waals surface area contributed by atoms with Crippen molar-refractivity contribution in [1.82, 2.24) is 0 Å². The third-order valence-corrected chi connectivity index (χ3v) is 4.54. The summed E-state index contributed by atoms with van der Waals surface area (Å²) in [5.41, 5.74) is 2.80. The summed E-state index contributed by atoms with van der Waals surface area (Å²) >= 11 is 0. The van der Waals surface area contributed by atoms with Gasteiger partial charge in [0, 0.05) is 0 Å². The number of hydrogen-bond donors (Lipinski definition) is 2. The Bertz CT molecular complexity index is 649. The predicted molar refractivity (Wildman–Crippen MR) is 79.4 cm³/mol. The van der Waals surface area contributed by atoms with Crippen LogP contribution in [0.3, 0.4) is 0 Å². The van der Waals surface area contributed by atoms with E-state index in [-0.39, 0.29) is 17.7 Å². The van der Waals surface area contributed by atoms with Crippen molar-refractivity contribution < 1.29 is 19.1 Å². The van der Waals surface area contributed by atoms with Crippen LogP contribution >= 0.6 is 7.60 Å². The molecule has 2 rings (SSSR count). The Kier molecular flexibility index (Phi) is 4.29. The Morgan fingerprint density at radius 1 is 1.10 bits per heavy atom. The number of rotatable bonds is 4. The highest BCUT2D eigenvalue weighted by Gasteiger charge is 2.26. The number of aromatic hydroxyl groups is 1. The molecule has 0 aliphatic rings. The highest BCUT2D eigenvalue weighted by molar-refractivity contribution is 7.61. The lowest BCUT2D eigenvalue weighted by Crippen LogP contribution is -2.08. The van der Waals surface area contributed by atoms with Gasteiger partial charge in [-0.25, -0.2) is 0 Å². The second-order valence-electron chi connectivity index (χ2n) is 4.51. The van der Waals surface area contributed by atoms with E-state index in [0.717, 1.165) is 16.7 Å². The molecule has 2 aromatic rings. The van der Waals surface area contributed by atoms with Crippen LogP contribution in [0.5, 0.6) is 5.75 Å². The number of phenolic OH excluding ortho intramolecular Hbond substituents is 1. The number of aryl methyl sites for hydroxylation is 1. The first-order chi connectivity index (χ1) is 9.44. The van der Waals surface area contributed by atoms with Crippen LogP contribution in [0, 0.1) is 6.92 Å². The van der Waals surface area contributed by atoms with E-state index in [2.05, 4.69) is 0 Å². The molecule has 0 aliphatic heterocycles. The molecule has 2 aromatic carbocycles. The maximum absolute atomic E-state index is 12.0. The summed E-state index contributed by atoms with van der Waals surface area (Å²) in [6.07, 6.45) is 0. The highest BCUT2D eigenvalue weighted by Crippen LogP contribution is 2.44. The molecule has 0 saturated carbocycles. The second-order valence-corrected chi connectivity index (χ2v) is 6.29. The van der Waals surface area contributed by atoms with Crippen LogP contribution in [-0.4, -0.2) is 16.6 Å². The van der Waals surface area contributed by atoms with E-state index in [9.17, 15) is 14.6 Å². The van der Waals surface area contributed by atoms with Crippen molar-refractivity contribution in [2.24, 2.45) is 0 Å². The second kappa shape index (κ2) is 5.80. The van der Waals surface area contributed by atoms with Gasteiger partial charge >= 0.3 is 7.60 Å². The molecule has 0 aliphatic carbocycles. The minimum Gasteiger partial charge on any atom is -0.507 e. The first-order valence-electron chi connectivity index (χ1n) is 6.32. The molecule has 1 unspecified atom stereocenters. The van der Waals surface area contributed by atoms with E-state index in [4.69, 9.17) is 4.52 Å². The zero-order valence-corrected chi connectivity index (χ0v) is 12.3. The number of hydrogen-bond acceptors (Lipinski definition) is 3. The summed E-state index contributed by atoms with van der Waals surface area (Å²) in [7, 11) is -3.99. The van der Waals surface area contributed by atoms with Gasteiger partial charge in [-0.1, -0.05) is 35.9 Å². The number of phenols is 1. The van der Waals surface area contributed by atoms with Gasteiger partial charge in [0.25, 0.3) is 0 Å². The van der Waals surface area contributed by atoms with E-state index in [0.29, 0.717) is 0 Å². The largest absolute Gasteiger partial charge is 0.507 e. The van der Waals surface area contributed by atoms with Gasteiger partial charge < -0.3 is 14.5 Å². The van der Waals surface area contributed by atoms with E-state index in [1.54, 1.807) is 13.0 Å². The van der Waals surface area contributed by atoms with Crippen LogP contribution in [0.2, 0.25) is 0 Å². The Labute approximate surface area is 118 Å². The standard InChI is InChI=1S/C15H17O4P/c1-3-19-20(17,18)15-10-13(8-9-14(15)16)12-6-4-11(2)5-7-12/h4-10,16H,3H2,1-2H3,(H,17,18). The molecule has 2 N–H and O–H groups in total. The van der Waals surface area contributed by atoms with E-state index in [1.165, 1.54) is 12.1 Å². The van der Waals surface area contributed by atoms with Gasteiger partial charge in [-0.2, -0.15) is 0 Å². The molecule has 0 saturated heterocycles. The first kappa shape index (κ1) is 14.8. The zero-order chi connectivity index (χ0) is 14.8. The van der Waals surface area contributed by atoms with Crippen LogP contribution in [0.25, 0.3) is 11.1 Å². The maximum Gasteiger partial charge on any atom is 0.362 e. The first-order valence-corrected chi connectivity index (χ1v) is 7.90. The van der Waals surface area contributed by atoms with Crippen LogP contribution in [0.4, 0.5) is 0 Å². The Morgan fingerprint density at radius 3 is 2.30 bits per heavy atom. The summed E-state index contributed by atoms with van der Waals surface area (Å²) in [5.74, 6) is -0.236. The van der Waals surface area contributed by atoms with Crippen LogP contribution < -0.4 is 5.30 Å². The van der Waals surface area contributed by atoms with Gasteiger partial charge in [0.15, 0.2) is 0 Å². The molecular formula is C15H17O4P. The van der Waals surface area contributed by atoms with Crippen LogP contribution in [0.15, 0.2) is 42.5 Å². The molecule has 0 bridgehead atoms. The molecule has 5 heteroatoms. The fourth-order valence-electron chi connectivity index (χ4n) is 1.92. The third kappa shape index (κ3) is 3.10. The normalized spacial score (nSPS) is 13.9. The molecule has 0 heterocycles. The lowest BCUT2D eigenvalue weighted by Gasteiger charge is -2.14. The van der Waals surface area contributed by atoms with Gasteiger partial charge in [0.05, 0.1) is 6.61 Å². The summed E-state index contributed by atoms with van der Waals surface area (Å²) in [5, 5.41) is 9.70. The molecular weight excluding hydrogens is 275 g/mol. The Balaban J connectivity index is 2.48. The van der Waals surface area contributed by atoms with E-state index in [1.807, 2.05) is 31.2 Å². The predicted octanol–water partition coefficient (Wildman–Crippen LogP) is 3.21. The minimum atomic E-state index is -3.99. The van der Waals surface area contributed by atoms with Gasteiger partial charge in [0.1, 0.15) is 11.1 Å². The van der Waals surface area contributed by atoms with Gasteiger partial charge in [0.2, 0.25) is 0 Å². The molecule has 0 spiro atoms. The lowest BCUT2D eigenvalue weighted by molar-refractivity contribution is 0.283. The lowest BCUT2D eigenvalue weighted by atomic mass is 10.0. The van der Waals surface area contributed by atoms with E-state index >= 15 is 0 Å². The van der Waals surface area contributed by atoms with Gasteiger partial charge in [-0.3, -0.25) is 4.57 Å². The summed E-state index contributed by atoms with van der Waals surface area (Å²) in [6.45, 7) is 3.72. The van der Waals surface area contributed by atoms with Crippen molar-refractivity contribution in [2.75, 3.05) is 6.61 Å². The molecule has 106 valence electrons. The number of benzene rings is 2. The van der Waals surface area contributed by atoms with Crippen molar-refractivity contribution in [3.8, 4) is 16.9 Å². The third-order valence-electron chi connectivity index (χ3n) is 2.97. The average Bonchev–Trinajstić information content (AvgIpc) is 2.40. The van der Waals surface area contributed by atoms with Gasteiger partial charge in [-0.15, -0.1) is 0 Å². The van der Waals surface area contributed by atoms with Crippen molar-refractivity contribution in [3.63, 3.8) is 0 Å². The van der Waals surface area contributed by atoms with Gasteiger partial charge in [-0.05, 0) is 37.1 Å². The zero-order valence-electron chi connectivity index (χ0n) is 11.4. The molecule has 0 radical (unpaired) electrons. The van der Waals surface area contributed by atoms with Crippen molar-refractivity contribution in [3.05, 3.63) is 48.0 Å². The highest BCUT2D eigenvalue weighted by atomic mass is 31.2. The summed E-state index contributed by atoms with van der Waals surface area (Å²) < 4.78 is 16.9. The smallest absolute Gasteiger partial charge is 0.362 e. The maximum atomic E-state index is 12.0. The van der Waals surface area contributed by atoms with Crippen molar-refractivity contribution in [2.45, 2.75) is 13.8 Å². The fraction of sp³-hybridized carbons (Fsp3) is 0.200. The average molecular weight is 292 g/mol. The molecule has 0 fully saturated rings. The molecule has 1 atom stereocenters. The fourth-order valence-corrected chi connectivity index (χ4v) is 3.08. The summed E-state index contributed by atoms with van der Waals surface area (Å²) in [4.78, 5) is 9.86. The van der Waals surface area contributed by atoms with E-state index < -0.39 is 7.60 Å². The van der Waals surface area contributed by atoms with Crippen molar-refractivity contribution >= 4 is 12.9 Å². The van der Waals surface area contributed by atoms with Crippen LogP contribution in [-0.2, 0) is 9.09 Å². The molecule has 0 aromatic heterocycles. The summed E-state index contributed by atoms with van der Waals surface area (Å²) in [6, 6.07) is 12.4. The Morgan fingerprint density at radius 2 is 1.70 bits per heavy atom. The Hall–Kier alpha value is -1.61. The molecule has 4 nitrogen and oxygen atoms in total.